The fourth-order valence-corrected chi connectivity index (χ4v) is 2.99. The Bertz CT molecular complexity index is 718. The number of halogens is 2. The average Bonchev–Trinajstić information content (AvgIpc) is 2.61. The van der Waals surface area contributed by atoms with Crippen LogP contribution in [0.25, 0.3) is 0 Å². The van der Waals surface area contributed by atoms with Crippen LogP contribution in [0.3, 0.4) is 0 Å². The lowest BCUT2D eigenvalue weighted by Gasteiger charge is -2.28. The van der Waals surface area contributed by atoms with Crippen molar-refractivity contribution in [2.75, 3.05) is 13.1 Å². The Morgan fingerprint density at radius 1 is 1.29 bits per heavy atom. The Labute approximate surface area is 145 Å². The molecule has 0 saturated carbocycles. The third-order valence-electron chi connectivity index (χ3n) is 4.23. The maximum absolute atomic E-state index is 13.8. The van der Waals surface area contributed by atoms with Gasteiger partial charge in [-0.2, -0.15) is 0 Å². The number of rotatable bonds is 5. The van der Waals surface area contributed by atoms with Gasteiger partial charge in [0.15, 0.2) is 0 Å². The van der Waals surface area contributed by atoms with Gasteiger partial charge in [0.05, 0.1) is 0 Å². The Hall–Kier alpha value is -2.14. The zero-order valence-electron chi connectivity index (χ0n) is 13.1. The van der Waals surface area contributed by atoms with Gasteiger partial charge >= 0.3 is 0 Å². The summed E-state index contributed by atoms with van der Waals surface area (Å²) in [6, 6.07) is 10.1. The molecule has 2 heterocycles. The lowest BCUT2D eigenvalue weighted by atomic mass is 9.93. The zero-order chi connectivity index (χ0) is 16.9. The number of hydrogen-bond acceptors (Lipinski definition) is 3. The molecule has 1 aliphatic rings. The quantitative estimate of drug-likeness (QED) is 0.772. The first kappa shape index (κ1) is 16.7. The van der Waals surface area contributed by atoms with Gasteiger partial charge in [0, 0.05) is 41.4 Å². The topological polar surface area (TPSA) is 42.4 Å². The third-order valence-corrected chi connectivity index (χ3v) is 4.47. The van der Waals surface area contributed by atoms with Crippen molar-refractivity contribution in [2.24, 2.45) is 0 Å². The molecule has 2 aromatic rings. The standard InChI is InChI=1S/C18H18ClFN2O2/c19-15-5-4-14(16(20)10-15)11-24-18-3-1-2-17(21-18)13-6-8-22(12-23)9-7-13/h1-5,10,12-13H,6-9,11H2. The molecule has 0 radical (unpaired) electrons. The molecule has 0 atom stereocenters. The minimum atomic E-state index is -0.389. The van der Waals surface area contributed by atoms with E-state index in [-0.39, 0.29) is 12.4 Å². The van der Waals surface area contributed by atoms with Crippen molar-refractivity contribution >= 4 is 18.0 Å². The molecule has 126 valence electrons. The molecular formula is C18H18ClFN2O2. The lowest BCUT2D eigenvalue weighted by Crippen LogP contribution is -2.31. The summed E-state index contributed by atoms with van der Waals surface area (Å²) in [5.74, 6) is 0.400. The molecule has 24 heavy (non-hydrogen) atoms. The second-order valence-corrected chi connectivity index (χ2v) is 6.28. The number of hydrogen-bond donors (Lipinski definition) is 0. The van der Waals surface area contributed by atoms with Gasteiger partial charge < -0.3 is 9.64 Å². The van der Waals surface area contributed by atoms with Crippen molar-refractivity contribution in [3.05, 3.63) is 58.5 Å². The van der Waals surface area contributed by atoms with Gasteiger partial charge in [-0.05, 0) is 31.0 Å². The van der Waals surface area contributed by atoms with E-state index < -0.39 is 0 Å². The van der Waals surface area contributed by atoms with Gasteiger partial charge in [-0.25, -0.2) is 9.37 Å². The summed E-state index contributed by atoms with van der Waals surface area (Å²) in [7, 11) is 0. The van der Waals surface area contributed by atoms with Crippen molar-refractivity contribution in [3.8, 4) is 5.88 Å². The minimum absolute atomic E-state index is 0.100. The van der Waals surface area contributed by atoms with Gasteiger partial charge in [0.25, 0.3) is 0 Å². The predicted octanol–water partition coefficient (Wildman–Crippen LogP) is 3.79. The third kappa shape index (κ3) is 4.03. The Balaban J connectivity index is 1.64. The van der Waals surface area contributed by atoms with E-state index in [0.717, 1.165) is 38.0 Å². The van der Waals surface area contributed by atoms with Crippen LogP contribution in [0.1, 0.15) is 30.0 Å². The first-order valence-corrected chi connectivity index (χ1v) is 8.26. The molecule has 0 spiro atoms. The van der Waals surface area contributed by atoms with Crippen molar-refractivity contribution in [2.45, 2.75) is 25.4 Å². The number of likely N-dealkylation sites (tertiary alicyclic amines) is 1. The van der Waals surface area contributed by atoms with E-state index >= 15 is 0 Å². The highest BCUT2D eigenvalue weighted by Gasteiger charge is 2.21. The largest absolute Gasteiger partial charge is 0.473 e. The molecule has 1 fully saturated rings. The summed E-state index contributed by atoms with van der Waals surface area (Å²) < 4.78 is 19.4. The van der Waals surface area contributed by atoms with Gasteiger partial charge in [0.1, 0.15) is 12.4 Å². The maximum Gasteiger partial charge on any atom is 0.213 e. The maximum atomic E-state index is 13.8. The first-order valence-electron chi connectivity index (χ1n) is 7.89. The van der Waals surface area contributed by atoms with E-state index in [4.69, 9.17) is 16.3 Å². The van der Waals surface area contributed by atoms with Crippen LogP contribution >= 0.6 is 11.6 Å². The van der Waals surface area contributed by atoms with Crippen LogP contribution in [0.4, 0.5) is 4.39 Å². The number of amides is 1. The van der Waals surface area contributed by atoms with E-state index in [1.165, 1.54) is 6.07 Å². The summed E-state index contributed by atoms with van der Waals surface area (Å²) in [6.45, 7) is 1.59. The van der Waals surface area contributed by atoms with Gasteiger partial charge in [-0.1, -0.05) is 23.7 Å². The van der Waals surface area contributed by atoms with Gasteiger partial charge in [-0.15, -0.1) is 0 Å². The summed E-state index contributed by atoms with van der Waals surface area (Å²) in [4.78, 5) is 17.1. The predicted molar refractivity (Wildman–Crippen MR) is 89.6 cm³/mol. The molecule has 1 saturated heterocycles. The highest BCUT2D eigenvalue weighted by atomic mass is 35.5. The number of piperidine rings is 1. The number of pyridine rings is 1. The minimum Gasteiger partial charge on any atom is -0.473 e. The highest BCUT2D eigenvalue weighted by molar-refractivity contribution is 6.30. The Kier molecular flexibility index (Phi) is 5.30. The van der Waals surface area contributed by atoms with Crippen molar-refractivity contribution < 1.29 is 13.9 Å². The van der Waals surface area contributed by atoms with Crippen LogP contribution in [-0.2, 0) is 11.4 Å². The summed E-state index contributed by atoms with van der Waals surface area (Å²) >= 11 is 5.74. The molecule has 0 bridgehead atoms. The van der Waals surface area contributed by atoms with Crippen LogP contribution in [0.15, 0.2) is 36.4 Å². The van der Waals surface area contributed by atoms with Crippen LogP contribution in [0.5, 0.6) is 5.88 Å². The second kappa shape index (κ2) is 7.62. The van der Waals surface area contributed by atoms with Crippen molar-refractivity contribution in [1.82, 2.24) is 9.88 Å². The molecule has 6 heteroatoms. The second-order valence-electron chi connectivity index (χ2n) is 5.84. The first-order chi connectivity index (χ1) is 11.7. The summed E-state index contributed by atoms with van der Waals surface area (Å²) in [5, 5.41) is 0.359. The molecule has 3 rings (SSSR count). The molecule has 0 N–H and O–H groups in total. The lowest BCUT2D eigenvalue weighted by molar-refractivity contribution is -0.119. The summed E-state index contributed by atoms with van der Waals surface area (Å²) in [6.07, 6.45) is 2.67. The van der Waals surface area contributed by atoms with Crippen LogP contribution in [-0.4, -0.2) is 29.4 Å². The molecule has 1 aromatic carbocycles. The Morgan fingerprint density at radius 3 is 2.79 bits per heavy atom. The zero-order valence-corrected chi connectivity index (χ0v) is 13.9. The van der Waals surface area contributed by atoms with Crippen LogP contribution < -0.4 is 4.74 Å². The molecule has 0 aliphatic carbocycles. The number of carbonyl (C=O) groups is 1. The van der Waals surface area contributed by atoms with Crippen LogP contribution in [0.2, 0.25) is 5.02 Å². The molecule has 1 aliphatic heterocycles. The number of aromatic nitrogens is 1. The van der Waals surface area contributed by atoms with E-state index in [9.17, 15) is 9.18 Å². The average molecular weight is 349 g/mol. The monoisotopic (exact) mass is 348 g/mol. The van der Waals surface area contributed by atoms with Gasteiger partial charge in [-0.3, -0.25) is 4.79 Å². The number of ether oxygens (including phenoxy) is 1. The van der Waals surface area contributed by atoms with Crippen molar-refractivity contribution in [3.63, 3.8) is 0 Å². The van der Waals surface area contributed by atoms with Crippen LogP contribution in [0, 0.1) is 5.82 Å². The van der Waals surface area contributed by atoms with Crippen molar-refractivity contribution in [1.29, 1.82) is 0 Å². The smallest absolute Gasteiger partial charge is 0.213 e. The van der Waals surface area contributed by atoms with Gasteiger partial charge in [0.2, 0.25) is 12.3 Å². The van der Waals surface area contributed by atoms with E-state index in [0.29, 0.717) is 22.4 Å². The summed E-state index contributed by atoms with van der Waals surface area (Å²) in [5.41, 5.74) is 1.39. The van der Waals surface area contributed by atoms with E-state index in [1.807, 2.05) is 12.1 Å². The fraction of sp³-hybridized carbons (Fsp3) is 0.333. The molecule has 1 amide bonds. The molecule has 0 unspecified atom stereocenters. The number of nitrogens with zero attached hydrogens (tertiary/aromatic N) is 2. The fourth-order valence-electron chi connectivity index (χ4n) is 2.83. The SMILES string of the molecule is O=CN1CCC(c2cccc(OCc3ccc(Cl)cc3F)n2)CC1. The molecular weight excluding hydrogens is 331 g/mol. The number of carbonyl (C=O) groups excluding carboxylic acids is 1. The molecule has 1 aromatic heterocycles. The number of benzene rings is 1. The Morgan fingerprint density at radius 2 is 2.08 bits per heavy atom. The highest BCUT2D eigenvalue weighted by Crippen LogP contribution is 2.27. The normalized spacial score (nSPS) is 15.3. The van der Waals surface area contributed by atoms with E-state index in [2.05, 4.69) is 4.98 Å². The molecule has 4 nitrogen and oxygen atoms in total. The van der Waals surface area contributed by atoms with E-state index in [1.54, 1.807) is 23.1 Å².